The number of amides is 1. The lowest BCUT2D eigenvalue weighted by molar-refractivity contribution is -0.265. The Morgan fingerprint density at radius 2 is 1.77 bits per heavy atom. The quantitative estimate of drug-likeness (QED) is 0.289. The number of carbonyl (C=O) groups excluding carboxylic acids is 3. The molecule has 4 aliphatic carbocycles. The van der Waals surface area contributed by atoms with Crippen molar-refractivity contribution >= 4 is 17.5 Å². The third kappa shape index (κ3) is 4.11. The first-order valence-electron chi connectivity index (χ1n) is 15.6. The molecule has 0 bridgehead atoms. The zero-order valence-electron chi connectivity index (χ0n) is 25.4. The molecule has 232 valence electrons. The van der Waals surface area contributed by atoms with E-state index in [1.54, 1.807) is 13.0 Å². The van der Waals surface area contributed by atoms with E-state index >= 15 is 0 Å². The summed E-state index contributed by atoms with van der Waals surface area (Å²) >= 11 is 0. The average molecular weight is 593 g/mol. The lowest BCUT2D eigenvalue weighted by atomic mass is 9.39. The Labute approximate surface area is 251 Å². The van der Waals surface area contributed by atoms with Gasteiger partial charge in [-0.2, -0.15) is 0 Å². The van der Waals surface area contributed by atoms with Crippen LogP contribution in [0.3, 0.4) is 0 Å². The summed E-state index contributed by atoms with van der Waals surface area (Å²) in [5, 5.41) is 46.5. The number of carbonyl (C=O) groups is 3. The van der Waals surface area contributed by atoms with Gasteiger partial charge in [-0.05, 0) is 72.3 Å². The summed E-state index contributed by atoms with van der Waals surface area (Å²) < 4.78 is 0. The number of ketones is 2. The molecule has 1 aromatic carbocycles. The number of primary amides is 1. The first kappa shape index (κ1) is 30.0. The molecule has 9 nitrogen and oxygen atoms in total. The van der Waals surface area contributed by atoms with E-state index < -0.39 is 63.9 Å². The minimum Gasteiger partial charge on any atom is -0.507 e. The Bertz CT molecular complexity index is 1490. The molecular formula is C34H44N2O7. The van der Waals surface area contributed by atoms with E-state index in [-0.39, 0.29) is 30.1 Å². The molecule has 1 amide bonds. The van der Waals surface area contributed by atoms with Gasteiger partial charge in [-0.15, -0.1) is 0 Å². The Hall–Kier alpha value is -3.01. The number of aromatic hydroxyl groups is 1. The van der Waals surface area contributed by atoms with Gasteiger partial charge in [-0.25, -0.2) is 0 Å². The fraction of sp³-hybridized carbons (Fsp3) is 0.618. The zero-order valence-corrected chi connectivity index (χ0v) is 25.4. The van der Waals surface area contributed by atoms with Gasteiger partial charge < -0.3 is 31.1 Å². The van der Waals surface area contributed by atoms with Crippen LogP contribution in [-0.4, -0.2) is 60.7 Å². The lowest BCUT2D eigenvalue weighted by Crippen LogP contribution is -2.79. The highest BCUT2D eigenvalue weighted by atomic mass is 16.4. The highest BCUT2D eigenvalue weighted by Gasteiger charge is 2.75. The van der Waals surface area contributed by atoms with Crippen molar-refractivity contribution in [2.24, 2.45) is 46.2 Å². The molecule has 0 saturated heterocycles. The van der Waals surface area contributed by atoms with E-state index in [1.165, 1.54) is 31.7 Å². The minimum absolute atomic E-state index is 0.0772. The number of aliphatic hydroxyl groups excluding tert-OH is 2. The van der Waals surface area contributed by atoms with E-state index in [4.69, 9.17) is 5.73 Å². The second-order valence-corrected chi connectivity index (χ2v) is 14.7. The molecule has 4 unspecified atom stereocenters. The van der Waals surface area contributed by atoms with Crippen molar-refractivity contribution in [3.05, 3.63) is 41.1 Å². The summed E-state index contributed by atoms with van der Waals surface area (Å²) in [7, 11) is 0. The Balaban J connectivity index is 1.46. The van der Waals surface area contributed by atoms with Gasteiger partial charge >= 0.3 is 0 Å². The molecule has 3 fully saturated rings. The largest absolute Gasteiger partial charge is 0.507 e. The molecule has 1 heterocycles. The molecule has 7 N–H and O–H groups in total. The van der Waals surface area contributed by atoms with Gasteiger partial charge in [0, 0.05) is 22.4 Å². The molecule has 8 atom stereocenters. The third-order valence-corrected chi connectivity index (χ3v) is 11.7. The molecule has 2 aromatic rings. The number of phenolic OH excluding ortho intramolecular Hbond substituents is 1. The van der Waals surface area contributed by atoms with Crippen molar-refractivity contribution in [1.29, 1.82) is 0 Å². The fourth-order valence-corrected chi connectivity index (χ4v) is 10.0. The number of hydrogen-bond donors (Lipinski definition) is 6. The van der Waals surface area contributed by atoms with E-state index in [2.05, 4.69) is 11.1 Å². The number of aliphatic hydroxyl groups is 3. The number of nitrogens with two attached hydrogens (primary N) is 1. The van der Waals surface area contributed by atoms with Gasteiger partial charge in [0.1, 0.15) is 17.8 Å². The standard InChI is InChI=1S/C34H44N2O7/c1-16(2)25-28(39)24(31(35)42)29(40)34(43)30(41)26-27(38)23-20(14-32(26,3)15-33(25,34)4)19(10-12-22(23)37)21-11-9-18(36-21)13-17-7-5-6-8-17/h9-12,16-17,24-26,28,30,36-37,39,41,43H,5-8,13-15H2,1-4H3,(H2,35,42)/t24?,25-,26?,28?,30?,32+,33+,34-/m0/s1. The van der Waals surface area contributed by atoms with E-state index in [9.17, 15) is 34.8 Å². The zero-order chi connectivity index (χ0) is 31.2. The monoisotopic (exact) mass is 592 g/mol. The molecule has 43 heavy (non-hydrogen) atoms. The van der Waals surface area contributed by atoms with Crippen LogP contribution in [0.25, 0.3) is 11.3 Å². The number of fused-ring (bicyclic) bond motifs is 3. The van der Waals surface area contributed by atoms with Crippen LogP contribution in [-0.2, 0) is 22.4 Å². The van der Waals surface area contributed by atoms with E-state index in [0.717, 1.165) is 23.4 Å². The van der Waals surface area contributed by atoms with Crippen LogP contribution >= 0.6 is 0 Å². The topological polar surface area (TPSA) is 174 Å². The average Bonchev–Trinajstić information content (AvgIpc) is 3.58. The number of hydrogen-bond acceptors (Lipinski definition) is 7. The molecule has 0 aliphatic heterocycles. The predicted molar refractivity (Wildman–Crippen MR) is 159 cm³/mol. The van der Waals surface area contributed by atoms with Crippen LogP contribution in [0.1, 0.15) is 81.4 Å². The van der Waals surface area contributed by atoms with Crippen molar-refractivity contribution in [2.75, 3.05) is 0 Å². The maximum atomic E-state index is 14.3. The van der Waals surface area contributed by atoms with Gasteiger partial charge in [0.2, 0.25) is 5.91 Å². The summed E-state index contributed by atoms with van der Waals surface area (Å²) in [6.07, 6.45) is 2.99. The van der Waals surface area contributed by atoms with Crippen LogP contribution in [0, 0.1) is 40.4 Å². The van der Waals surface area contributed by atoms with Gasteiger partial charge in [0.25, 0.3) is 0 Å². The van der Waals surface area contributed by atoms with Gasteiger partial charge in [-0.1, -0.05) is 53.4 Å². The fourth-order valence-electron chi connectivity index (χ4n) is 10.0. The minimum atomic E-state index is -2.51. The van der Waals surface area contributed by atoms with Crippen LogP contribution in [0.15, 0.2) is 24.3 Å². The molecule has 0 radical (unpaired) electrons. The summed E-state index contributed by atoms with van der Waals surface area (Å²) in [6, 6.07) is 7.35. The summed E-state index contributed by atoms with van der Waals surface area (Å²) in [5.41, 5.74) is 4.18. The van der Waals surface area contributed by atoms with Crippen molar-refractivity contribution in [2.45, 2.75) is 90.4 Å². The van der Waals surface area contributed by atoms with Crippen molar-refractivity contribution in [3.8, 4) is 17.0 Å². The molecule has 3 saturated carbocycles. The Morgan fingerprint density at radius 3 is 2.40 bits per heavy atom. The number of Topliss-reactive ketones (excluding diaryl/α,β-unsaturated/α-hetero) is 2. The highest BCUT2D eigenvalue weighted by molar-refractivity contribution is 6.09. The summed E-state index contributed by atoms with van der Waals surface area (Å²) in [6.45, 7) is 7.21. The molecular weight excluding hydrogens is 548 g/mol. The summed E-state index contributed by atoms with van der Waals surface area (Å²) in [5.74, 6) is -6.29. The second-order valence-electron chi connectivity index (χ2n) is 14.7. The first-order chi connectivity index (χ1) is 20.2. The number of aromatic nitrogens is 1. The van der Waals surface area contributed by atoms with Crippen molar-refractivity contribution in [1.82, 2.24) is 4.98 Å². The molecule has 6 rings (SSSR count). The number of benzene rings is 1. The number of nitrogens with one attached hydrogen (secondary N) is 1. The Morgan fingerprint density at radius 1 is 1.09 bits per heavy atom. The maximum Gasteiger partial charge on any atom is 0.230 e. The van der Waals surface area contributed by atoms with E-state index in [1.807, 2.05) is 26.8 Å². The number of aromatic amines is 1. The first-order valence-corrected chi connectivity index (χ1v) is 15.6. The predicted octanol–water partition coefficient (Wildman–Crippen LogP) is 3.30. The molecule has 4 aliphatic rings. The second kappa shape index (κ2) is 10.0. The smallest absolute Gasteiger partial charge is 0.230 e. The lowest BCUT2D eigenvalue weighted by Gasteiger charge is -2.66. The van der Waals surface area contributed by atoms with Crippen LogP contribution < -0.4 is 5.73 Å². The van der Waals surface area contributed by atoms with Crippen molar-refractivity contribution in [3.63, 3.8) is 0 Å². The SMILES string of the molecule is CC(C)[C@H]1C(O)C(C(N)=O)C(=O)[C@]2(O)C(O)C3C(=O)c4c(O)ccc(-c5ccc(CC6CCCC6)[nH]5)c4C[C@]3(C)C[C@]12C. The molecule has 1 aromatic heterocycles. The van der Waals surface area contributed by atoms with Crippen LogP contribution in [0.4, 0.5) is 0 Å². The summed E-state index contributed by atoms with van der Waals surface area (Å²) in [4.78, 5) is 44.1. The molecule has 0 spiro atoms. The van der Waals surface area contributed by atoms with Crippen LogP contribution in [0.5, 0.6) is 5.75 Å². The van der Waals surface area contributed by atoms with Crippen molar-refractivity contribution < 1.29 is 34.8 Å². The van der Waals surface area contributed by atoms with E-state index in [0.29, 0.717) is 11.5 Å². The number of H-pyrrole nitrogens is 1. The van der Waals surface area contributed by atoms with Crippen LogP contribution in [0.2, 0.25) is 0 Å². The number of rotatable bonds is 5. The highest BCUT2D eigenvalue weighted by Crippen LogP contribution is 2.66. The normalized spacial score (nSPS) is 37.7. The Kier molecular flexibility index (Phi) is 6.99. The molecule has 9 heteroatoms. The third-order valence-electron chi connectivity index (χ3n) is 11.7. The number of phenols is 1. The van der Waals surface area contributed by atoms with Gasteiger partial charge in [-0.3, -0.25) is 14.4 Å². The van der Waals surface area contributed by atoms with Gasteiger partial charge in [0.05, 0.1) is 17.6 Å². The van der Waals surface area contributed by atoms with Gasteiger partial charge in [0.15, 0.2) is 17.2 Å². The maximum absolute atomic E-state index is 14.3.